The summed E-state index contributed by atoms with van der Waals surface area (Å²) in [5.41, 5.74) is 10.8. The Morgan fingerprint density at radius 1 is 1.10 bits per heavy atom. The van der Waals surface area contributed by atoms with Gasteiger partial charge in [-0.3, -0.25) is 14.6 Å². The minimum Gasteiger partial charge on any atom is -0.481 e. The van der Waals surface area contributed by atoms with Crippen LogP contribution < -0.4 is 16.8 Å². The highest BCUT2D eigenvalue weighted by Gasteiger charge is 2.19. The van der Waals surface area contributed by atoms with Gasteiger partial charge in [-0.2, -0.15) is 0 Å². The number of carbonyl (C=O) groups is 3. The lowest BCUT2D eigenvalue weighted by atomic mass is 10.1. The van der Waals surface area contributed by atoms with E-state index in [0.717, 1.165) is 0 Å². The Morgan fingerprint density at radius 3 is 2.19 bits per heavy atom. The third kappa shape index (κ3) is 9.21. The third-order valence-electron chi connectivity index (χ3n) is 2.54. The number of guanidine groups is 1. The highest BCUT2D eigenvalue weighted by Crippen LogP contribution is 1.98. The molecule has 0 aliphatic heterocycles. The number of rotatable bonds is 10. The topological polar surface area (TPSA) is 188 Å². The van der Waals surface area contributed by atoms with Crippen molar-refractivity contribution in [2.75, 3.05) is 6.54 Å². The molecule has 0 aliphatic rings. The van der Waals surface area contributed by atoms with E-state index in [1.54, 1.807) is 0 Å². The molecule has 8 N–H and O–H groups in total. The Hall–Kier alpha value is -2.36. The lowest BCUT2D eigenvalue weighted by molar-refractivity contribution is -0.141. The summed E-state index contributed by atoms with van der Waals surface area (Å²) in [6, 6.07) is -2.12. The zero-order valence-electron chi connectivity index (χ0n) is 11.4. The van der Waals surface area contributed by atoms with Gasteiger partial charge in [-0.1, -0.05) is 0 Å². The van der Waals surface area contributed by atoms with E-state index in [0.29, 0.717) is 6.42 Å². The van der Waals surface area contributed by atoms with E-state index in [9.17, 15) is 14.4 Å². The van der Waals surface area contributed by atoms with Crippen LogP contribution in [-0.4, -0.2) is 57.8 Å². The SMILES string of the molecule is NC(=NCCCC(N)C(=O)O)NC(CCC(=O)O)C(=O)O. The first-order valence-corrected chi connectivity index (χ1v) is 6.23. The molecule has 120 valence electrons. The Bertz CT molecular complexity index is 412. The van der Waals surface area contributed by atoms with Gasteiger partial charge < -0.3 is 32.1 Å². The number of nitrogens with zero attached hydrogens (tertiary/aromatic N) is 1. The van der Waals surface area contributed by atoms with Gasteiger partial charge in [0, 0.05) is 13.0 Å². The first kappa shape index (κ1) is 18.6. The van der Waals surface area contributed by atoms with Gasteiger partial charge in [0.15, 0.2) is 5.96 Å². The Labute approximate surface area is 120 Å². The van der Waals surface area contributed by atoms with Crippen LogP contribution >= 0.6 is 0 Å². The van der Waals surface area contributed by atoms with Crippen LogP contribution in [0.15, 0.2) is 4.99 Å². The Morgan fingerprint density at radius 2 is 1.71 bits per heavy atom. The predicted octanol–water partition coefficient (Wildman–Crippen LogP) is -1.60. The van der Waals surface area contributed by atoms with Crippen molar-refractivity contribution in [3.63, 3.8) is 0 Å². The fraction of sp³-hybridized carbons (Fsp3) is 0.636. The fourth-order valence-corrected chi connectivity index (χ4v) is 1.38. The molecule has 2 unspecified atom stereocenters. The summed E-state index contributed by atoms with van der Waals surface area (Å²) in [6.07, 6.45) is 0.145. The van der Waals surface area contributed by atoms with E-state index in [1.807, 2.05) is 0 Å². The van der Waals surface area contributed by atoms with Crippen LogP contribution in [0, 0.1) is 0 Å². The summed E-state index contributed by atoms with van der Waals surface area (Å²) < 4.78 is 0. The molecule has 0 spiro atoms. The van der Waals surface area contributed by atoms with Gasteiger partial charge in [-0.25, -0.2) is 4.79 Å². The number of carboxylic acid groups (broad SMARTS) is 3. The first-order chi connectivity index (χ1) is 9.73. The van der Waals surface area contributed by atoms with Crippen LogP contribution in [0.25, 0.3) is 0 Å². The molecule has 21 heavy (non-hydrogen) atoms. The maximum atomic E-state index is 10.9. The minimum atomic E-state index is -1.23. The minimum absolute atomic E-state index is 0.134. The van der Waals surface area contributed by atoms with Crippen molar-refractivity contribution >= 4 is 23.9 Å². The smallest absolute Gasteiger partial charge is 0.326 e. The summed E-state index contributed by atoms with van der Waals surface area (Å²) in [5.74, 6) is -3.59. The van der Waals surface area contributed by atoms with Crippen molar-refractivity contribution in [1.82, 2.24) is 5.32 Å². The van der Waals surface area contributed by atoms with Gasteiger partial charge in [0.2, 0.25) is 0 Å². The van der Waals surface area contributed by atoms with Gasteiger partial charge in [-0.15, -0.1) is 0 Å². The summed E-state index contributed by atoms with van der Waals surface area (Å²) in [4.78, 5) is 35.6. The van der Waals surface area contributed by atoms with E-state index in [1.165, 1.54) is 0 Å². The average Bonchev–Trinajstić information content (AvgIpc) is 2.38. The first-order valence-electron chi connectivity index (χ1n) is 6.23. The van der Waals surface area contributed by atoms with E-state index < -0.39 is 30.0 Å². The van der Waals surface area contributed by atoms with E-state index in [-0.39, 0.29) is 31.8 Å². The molecule has 0 saturated heterocycles. The molecule has 0 radical (unpaired) electrons. The molecule has 0 aromatic rings. The van der Waals surface area contributed by atoms with Crippen molar-refractivity contribution in [2.45, 2.75) is 37.8 Å². The number of aliphatic carboxylic acids is 3. The van der Waals surface area contributed by atoms with Crippen molar-refractivity contribution in [3.05, 3.63) is 0 Å². The molecule has 0 bridgehead atoms. The molecule has 0 amide bonds. The summed E-state index contributed by atoms with van der Waals surface area (Å²) in [7, 11) is 0. The monoisotopic (exact) mass is 304 g/mol. The van der Waals surface area contributed by atoms with Crippen LogP contribution in [0.1, 0.15) is 25.7 Å². The summed E-state index contributed by atoms with van der Waals surface area (Å²) in [6.45, 7) is 0.186. The van der Waals surface area contributed by atoms with Crippen LogP contribution in [0.4, 0.5) is 0 Å². The second-order valence-electron chi connectivity index (χ2n) is 4.32. The van der Waals surface area contributed by atoms with Gasteiger partial charge in [0.1, 0.15) is 12.1 Å². The van der Waals surface area contributed by atoms with Crippen molar-refractivity contribution in [2.24, 2.45) is 16.5 Å². The van der Waals surface area contributed by atoms with Crippen molar-refractivity contribution < 1.29 is 29.7 Å². The maximum Gasteiger partial charge on any atom is 0.326 e. The molecule has 10 heteroatoms. The Kier molecular flexibility index (Phi) is 8.46. The molecular weight excluding hydrogens is 284 g/mol. The van der Waals surface area contributed by atoms with Gasteiger partial charge in [0.05, 0.1) is 0 Å². The largest absolute Gasteiger partial charge is 0.481 e. The predicted molar refractivity (Wildman–Crippen MR) is 72.8 cm³/mol. The molecule has 2 atom stereocenters. The number of nitrogens with one attached hydrogen (secondary N) is 1. The molecule has 0 heterocycles. The van der Waals surface area contributed by atoms with Crippen molar-refractivity contribution in [1.29, 1.82) is 0 Å². The average molecular weight is 304 g/mol. The Balaban J connectivity index is 4.19. The number of aliphatic imine (C=N–C) groups is 1. The van der Waals surface area contributed by atoms with Crippen molar-refractivity contribution in [3.8, 4) is 0 Å². The van der Waals surface area contributed by atoms with Crippen LogP contribution in [0.2, 0.25) is 0 Å². The number of hydrogen-bond donors (Lipinski definition) is 6. The number of nitrogens with two attached hydrogens (primary N) is 2. The van der Waals surface area contributed by atoms with E-state index in [2.05, 4.69) is 10.3 Å². The lowest BCUT2D eigenvalue weighted by Gasteiger charge is -2.14. The lowest BCUT2D eigenvalue weighted by Crippen LogP contribution is -2.45. The molecular formula is C11H20N4O6. The van der Waals surface area contributed by atoms with Crippen LogP contribution in [0.5, 0.6) is 0 Å². The summed E-state index contributed by atoms with van der Waals surface area (Å²) in [5, 5.41) is 28.4. The standard InChI is InChI=1S/C11H20N4O6/c12-6(9(18)19)2-1-5-14-11(13)15-7(10(20)21)3-4-8(16)17/h6-7H,1-5,12H2,(H,16,17)(H,18,19)(H,20,21)(H3,13,14,15). The number of hydrogen-bond acceptors (Lipinski definition) is 5. The zero-order valence-corrected chi connectivity index (χ0v) is 11.4. The van der Waals surface area contributed by atoms with E-state index >= 15 is 0 Å². The van der Waals surface area contributed by atoms with E-state index in [4.69, 9.17) is 26.8 Å². The second-order valence-corrected chi connectivity index (χ2v) is 4.32. The van der Waals surface area contributed by atoms with Gasteiger partial charge >= 0.3 is 17.9 Å². The highest BCUT2D eigenvalue weighted by atomic mass is 16.4. The molecule has 10 nitrogen and oxygen atoms in total. The quantitative estimate of drug-likeness (QED) is 0.157. The van der Waals surface area contributed by atoms with Crippen LogP contribution in [0.3, 0.4) is 0 Å². The zero-order chi connectivity index (χ0) is 16.4. The molecule has 0 aromatic carbocycles. The van der Waals surface area contributed by atoms with Crippen LogP contribution in [-0.2, 0) is 14.4 Å². The molecule has 0 saturated carbocycles. The van der Waals surface area contributed by atoms with Gasteiger partial charge in [0.25, 0.3) is 0 Å². The molecule has 0 aromatic heterocycles. The fourth-order valence-electron chi connectivity index (χ4n) is 1.38. The maximum absolute atomic E-state index is 10.9. The summed E-state index contributed by atoms with van der Waals surface area (Å²) >= 11 is 0. The van der Waals surface area contributed by atoms with Gasteiger partial charge in [-0.05, 0) is 19.3 Å². The second kappa shape index (κ2) is 9.53. The number of carboxylic acids is 3. The molecule has 0 aliphatic carbocycles. The molecule has 0 fully saturated rings. The highest BCUT2D eigenvalue weighted by molar-refractivity contribution is 5.85. The third-order valence-corrected chi connectivity index (χ3v) is 2.54. The normalized spacial score (nSPS) is 14.2. The molecule has 0 rings (SSSR count).